The van der Waals surface area contributed by atoms with Gasteiger partial charge in [0.1, 0.15) is 42.4 Å². The van der Waals surface area contributed by atoms with E-state index in [1.54, 1.807) is 25.1 Å². The van der Waals surface area contributed by atoms with E-state index in [-0.39, 0.29) is 18.8 Å². The number of rotatable bonds is 13. The number of aromatic hydroxyl groups is 1. The van der Waals surface area contributed by atoms with Crippen LogP contribution in [0.5, 0.6) is 5.75 Å². The maximum Gasteiger partial charge on any atom is 0.331 e. The zero-order valence-corrected chi connectivity index (χ0v) is 24.6. The molecule has 14 heteroatoms. The van der Waals surface area contributed by atoms with E-state index in [2.05, 4.69) is 0 Å². The first-order valence-corrected chi connectivity index (χ1v) is 14.1. The Morgan fingerprint density at radius 3 is 2.20 bits per heavy atom. The molecule has 0 bridgehead atoms. The molecule has 244 valence electrons. The number of phenolic OH excluding ortho intramolecular Hbond substituents is 1. The number of Topliss-reactive ketones (excluding diaryl/α,β-unsaturated/α-hetero) is 2. The Bertz CT molecular complexity index is 1180. The summed E-state index contributed by atoms with van der Waals surface area (Å²) in [5.74, 6) is -1.91. The normalized spacial score (nSPS) is 32.9. The summed E-state index contributed by atoms with van der Waals surface area (Å²) in [7, 11) is 0. The van der Waals surface area contributed by atoms with Crippen LogP contribution in [-0.4, -0.2) is 123 Å². The van der Waals surface area contributed by atoms with Crippen LogP contribution < -0.4 is 0 Å². The number of aliphatic hydroxyl groups excluding tert-OH is 5. The third kappa shape index (κ3) is 9.47. The molecule has 0 unspecified atom stereocenters. The molecule has 2 heterocycles. The predicted molar refractivity (Wildman–Crippen MR) is 151 cm³/mol. The highest BCUT2D eigenvalue weighted by Gasteiger charge is 2.52. The van der Waals surface area contributed by atoms with E-state index in [4.69, 9.17) is 23.7 Å². The molecule has 0 amide bonds. The minimum absolute atomic E-state index is 0.0274. The molecule has 14 nitrogen and oxygen atoms in total. The van der Waals surface area contributed by atoms with E-state index >= 15 is 0 Å². The van der Waals surface area contributed by atoms with E-state index in [9.17, 15) is 45.0 Å². The Kier molecular flexibility index (Phi) is 13.1. The van der Waals surface area contributed by atoms with Crippen LogP contribution in [0.15, 0.2) is 42.0 Å². The lowest BCUT2D eigenvalue weighted by atomic mass is 9.97. The molecule has 44 heavy (non-hydrogen) atoms. The molecule has 10 atom stereocenters. The van der Waals surface area contributed by atoms with Crippen molar-refractivity contribution < 1.29 is 68.7 Å². The number of esters is 1. The second kappa shape index (κ2) is 16.3. The number of carbonyl (C=O) groups is 3. The highest BCUT2D eigenvalue weighted by atomic mass is 16.7. The Hall–Kier alpha value is -3.05. The Morgan fingerprint density at radius 1 is 0.886 bits per heavy atom. The van der Waals surface area contributed by atoms with Gasteiger partial charge in [0, 0.05) is 19.4 Å². The van der Waals surface area contributed by atoms with Crippen LogP contribution in [0.3, 0.4) is 0 Å². The van der Waals surface area contributed by atoms with Crippen molar-refractivity contribution in [3.63, 3.8) is 0 Å². The van der Waals surface area contributed by atoms with Gasteiger partial charge in [-0.2, -0.15) is 0 Å². The highest BCUT2D eigenvalue weighted by molar-refractivity contribution is 6.36. The molecule has 1 aromatic carbocycles. The lowest BCUT2D eigenvalue weighted by Gasteiger charge is -2.46. The second-order valence-corrected chi connectivity index (χ2v) is 10.7. The van der Waals surface area contributed by atoms with Crippen LogP contribution in [0.1, 0.15) is 39.2 Å². The van der Waals surface area contributed by atoms with E-state index < -0.39 is 85.6 Å². The van der Waals surface area contributed by atoms with Gasteiger partial charge in [0.05, 0.1) is 19.3 Å². The van der Waals surface area contributed by atoms with Gasteiger partial charge in [0.15, 0.2) is 30.3 Å². The molecule has 0 saturated carbocycles. The minimum atomic E-state index is -1.75. The van der Waals surface area contributed by atoms with Gasteiger partial charge in [-0.25, -0.2) is 4.79 Å². The van der Waals surface area contributed by atoms with Crippen LogP contribution in [0, 0.1) is 0 Å². The topological polar surface area (TPSA) is 219 Å². The van der Waals surface area contributed by atoms with Crippen LogP contribution >= 0.6 is 0 Å². The molecule has 2 aliphatic heterocycles. The van der Waals surface area contributed by atoms with Gasteiger partial charge in [0.25, 0.3) is 0 Å². The summed E-state index contributed by atoms with van der Waals surface area (Å²) >= 11 is 0. The molecule has 0 radical (unpaired) electrons. The summed E-state index contributed by atoms with van der Waals surface area (Å²) in [6.45, 7) is 3.53. The third-order valence-electron chi connectivity index (χ3n) is 7.28. The number of hydrogen-bond donors (Lipinski definition) is 6. The number of hydrogen-bond acceptors (Lipinski definition) is 14. The van der Waals surface area contributed by atoms with E-state index in [1.807, 2.05) is 0 Å². The molecule has 1 aromatic rings. The maximum absolute atomic E-state index is 12.8. The number of carbonyl (C=O) groups excluding carboxylic acids is 3. The van der Waals surface area contributed by atoms with Gasteiger partial charge in [0.2, 0.25) is 0 Å². The van der Waals surface area contributed by atoms with Crippen molar-refractivity contribution in [2.75, 3.05) is 13.2 Å². The van der Waals surface area contributed by atoms with Crippen molar-refractivity contribution in [2.24, 2.45) is 0 Å². The van der Waals surface area contributed by atoms with Crippen molar-refractivity contribution in [2.45, 2.75) is 95.0 Å². The molecule has 2 fully saturated rings. The molecule has 0 spiro atoms. The maximum atomic E-state index is 12.8. The number of benzene rings is 1. The van der Waals surface area contributed by atoms with Crippen molar-refractivity contribution in [3.8, 4) is 5.75 Å². The van der Waals surface area contributed by atoms with Crippen LogP contribution in [0.4, 0.5) is 0 Å². The van der Waals surface area contributed by atoms with Gasteiger partial charge in [-0.3, -0.25) is 9.59 Å². The van der Waals surface area contributed by atoms with Crippen LogP contribution in [0.2, 0.25) is 0 Å². The van der Waals surface area contributed by atoms with Gasteiger partial charge in [-0.15, -0.1) is 0 Å². The van der Waals surface area contributed by atoms with E-state index in [0.717, 1.165) is 11.6 Å². The Morgan fingerprint density at radius 2 is 1.57 bits per heavy atom. The van der Waals surface area contributed by atoms with Crippen molar-refractivity contribution >= 4 is 23.6 Å². The minimum Gasteiger partial charge on any atom is -0.508 e. The first kappa shape index (κ1) is 35.4. The summed E-state index contributed by atoms with van der Waals surface area (Å²) < 4.78 is 28.2. The van der Waals surface area contributed by atoms with Gasteiger partial charge < -0.3 is 54.3 Å². The standard InChI is InChI=1S/C30H40O14/c1-15(4-10-20(34)16(2)32)12-13-40-29-26(39)28(44-30-25(38)24(37)23(36)17(3)41-30)27(21(14-31)42-29)43-22(35)11-7-18-5-8-19(33)9-6-18/h5-9,11-12,17,21,23-31,33,36-39H,4,10,13-14H2,1-3H3/b11-7-,15-12+/t17-,21+,23-,24+,25+,26+,27+,28+,29+,30-/m0/s1. The molecule has 3 rings (SSSR count). The highest BCUT2D eigenvalue weighted by Crippen LogP contribution is 2.31. The first-order chi connectivity index (χ1) is 20.8. The van der Waals surface area contributed by atoms with E-state index in [1.165, 1.54) is 32.1 Å². The Labute approximate surface area is 254 Å². The monoisotopic (exact) mass is 624 g/mol. The molecular weight excluding hydrogens is 584 g/mol. The van der Waals surface area contributed by atoms with Gasteiger partial charge >= 0.3 is 5.97 Å². The zero-order chi connectivity index (χ0) is 32.6. The number of phenols is 1. The number of ether oxygens (including phenoxy) is 5. The lowest BCUT2D eigenvalue weighted by Crippen LogP contribution is -2.65. The molecule has 6 N–H and O–H groups in total. The Balaban J connectivity index is 1.78. The van der Waals surface area contributed by atoms with Crippen LogP contribution in [-0.2, 0) is 38.1 Å². The van der Waals surface area contributed by atoms with Crippen molar-refractivity contribution in [3.05, 3.63) is 47.6 Å². The van der Waals surface area contributed by atoms with Gasteiger partial charge in [-0.1, -0.05) is 23.8 Å². The average Bonchev–Trinajstić information content (AvgIpc) is 2.99. The average molecular weight is 625 g/mol. The zero-order valence-electron chi connectivity index (χ0n) is 24.6. The molecular formula is C30H40O14. The van der Waals surface area contributed by atoms with Crippen molar-refractivity contribution in [1.29, 1.82) is 0 Å². The lowest BCUT2D eigenvalue weighted by molar-refractivity contribution is -0.356. The summed E-state index contributed by atoms with van der Waals surface area (Å²) in [4.78, 5) is 35.5. The molecule has 2 aliphatic rings. The quantitative estimate of drug-likeness (QED) is 0.0706. The van der Waals surface area contributed by atoms with Gasteiger partial charge in [-0.05, 0) is 44.0 Å². The fourth-order valence-electron chi connectivity index (χ4n) is 4.55. The van der Waals surface area contributed by atoms with Crippen LogP contribution in [0.25, 0.3) is 6.08 Å². The number of aliphatic hydroxyl groups is 5. The van der Waals surface area contributed by atoms with E-state index in [0.29, 0.717) is 12.0 Å². The SMILES string of the molecule is CC(=O)C(=O)CC/C(C)=C/CO[C@@H]1O[C@H](CO)[C@@H](OC(=O)/C=C\c2ccc(O)cc2)[C@H](O[C@@H]2O[C@@H](C)[C@H](O)[C@@H](O)[C@H]2O)[C@H]1O. The smallest absolute Gasteiger partial charge is 0.331 e. The fourth-order valence-corrected chi connectivity index (χ4v) is 4.55. The summed E-state index contributed by atoms with van der Waals surface area (Å²) in [5.41, 5.74) is 1.29. The predicted octanol–water partition coefficient (Wildman–Crippen LogP) is -0.491. The molecule has 0 aromatic heterocycles. The summed E-state index contributed by atoms with van der Waals surface area (Å²) in [6.07, 6.45) is -10.4. The third-order valence-corrected chi connectivity index (χ3v) is 7.28. The summed E-state index contributed by atoms with van der Waals surface area (Å²) in [5, 5.41) is 61.6. The number of ketones is 2. The number of allylic oxidation sites excluding steroid dienone is 1. The fraction of sp³-hybridized carbons (Fsp3) is 0.567. The summed E-state index contributed by atoms with van der Waals surface area (Å²) in [6, 6.07) is 5.95. The largest absolute Gasteiger partial charge is 0.508 e. The van der Waals surface area contributed by atoms with Crippen molar-refractivity contribution in [1.82, 2.24) is 0 Å². The first-order valence-electron chi connectivity index (χ1n) is 14.1. The molecule has 2 saturated heterocycles. The second-order valence-electron chi connectivity index (χ2n) is 10.7. The molecule has 0 aliphatic carbocycles.